The molecule has 1 fully saturated rings. The van der Waals surface area contributed by atoms with Gasteiger partial charge in [0.15, 0.2) is 0 Å². The van der Waals surface area contributed by atoms with Crippen molar-refractivity contribution in [3.8, 4) is 0 Å². The van der Waals surface area contributed by atoms with Crippen molar-refractivity contribution in [1.82, 2.24) is 0 Å². The molecule has 3 unspecified atom stereocenters. The van der Waals surface area contributed by atoms with Crippen molar-refractivity contribution in [2.75, 3.05) is 13.2 Å². The molecule has 0 bridgehead atoms. The molecule has 3 atom stereocenters. The third-order valence-electron chi connectivity index (χ3n) is 2.51. The summed E-state index contributed by atoms with van der Waals surface area (Å²) in [6.07, 6.45) is 2.81. The van der Waals surface area contributed by atoms with Gasteiger partial charge in [0.05, 0.1) is 0 Å². The SMILES string of the molecule is OCC1CCC(CO)C(Cl)C1. The Labute approximate surface area is 72.2 Å². The Bertz CT molecular complexity index is 119. The highest BCUT2D eigenvalue weighted by Crippen LogP contribution is 2.31. The van der Waals surface area contributed by atoms with Gasteiger partial charge in [0.2, 0.25) is 0 Å². The van der Waals surface area contributed by atoms with E-state index in [0.29, 0.717) is 5.92 Å². The van der Waals surface area contributed by atoms with Gasteiger partial charge >= 0.3 is 0 Å². The van der Waals surface area contributed by atoms with Gasteiger partial charge in [-0.15, -0.1) is 11.6 Å². The zero-order chi connectivity index (χ0) is 8.27. The van der Waals surface area contributed by atoms with Crippen molar-refractivity contribution < 1.29 is 10.2 Å². The quantitative estimate of drug-likeness (QED) is 0.620. The molecule has 0 aromatic carbocycles. The van der Waals surface area contributed by atoms with Crippen molar-refractivity contribution in [3.05, 3.63) is 0 Å². The van der Waals surface area contributed by atoms with Crippen molar-refractivity contribution in [2.45, 2.75) is 24.6 Å². The topological polar surface area (TPSA) is 40.5 Å². The smallest absolute Gasteiger partial charge is 0.0473 e. The summed E-state index contributed by atoms with van der Waals surface area (Å²) in [7, 11) is 0. The van der Waals surface area contributed by atoms with E-state index in [2.05, 4.69) is 0 Å². The molecule has 0 spiro atoms. The number of hydrogen-bond donors (Lipinski definition) is 2. The Hall–Kier alpha value is 0.210. The molecule has 0 aromatic heterocycles. The summed E-state index contributed by atoms with van der Waals surface area (Å²) in [6, 6.07) is 0. The lowest BCUT2D eigenvalue weighted by atomic mass is 9.82. The molecule has 0 heterocycles. The molecule has 0 aliphatic heterocycles. The normalized spacial score (nSPS) is 39.0. The van der Waals surface area contributed by atoms with Gasteiger partial charge in [-0.1, -0.05) is 0 Å². The Kier molecular flexibility index (Phi) is 3.63. The Balaban J connectivity index is 2.34. The molecule has 1 aliphatic carbocycles. The van der Waals surface area contributed by atoms with Crippen LogP contribution in [0, 0.1) is 11.8 Å². The van der Waals surface area contributed by atoms with Crippen LogP contribution in [0.25, 0.3) is 0 Å². The lowest BCUT2D eigenvalue weighted by molar-refractivity contribution is 0.134. The second-order valence-corrected chi connectivity index (χ2v) is 3.88. The van der Waals surface area contributed by atoms with Crippen LogP contribution in [0.3, 0.4) is 0 Å². The minimum atomic E-state index is 0.0610. The molecule has 66 valence electrons. The second-order valence-electron chi connectivity index (χ2n) is 3.32. The fourth-order valence-corrected chi connectivity index (χ4v) is 2.09. The Morgan fingerprint density at radius 1 is 1.18 bits per heavy atom. The number of hydrogen-bond acceptors (Lipinski definition) is 2. The first-order valence-corrected chi connectivity index (χ1v) is 4.57. The summed E-state index contributed by atoms with van der Waals surface area (Å²) in [4.78, 5) is 0. The zero-order valence-electron chi connectivity index (χ0n) is 6.54. The predicted octanol–water partition coefficient (Wildman–Crippen LogP) is 0.995. The molecule has 0 saturated heterocycles. The van der Waals surface area contributed by atoms with E-state index in [1.54, 1.807) is 0 Å². The molecular weight excluding hydrogens is 164 g/mol. The molecule has 2 nitrogen and oxygen atoms in total. The summed E-state index contributed by atoms with van der Waals surface area (Å²) >= 11 is 5.99. The van der Waals surface area contributed by atoms with E-state index in [0.717, 1.165) is 19.3 Å². The molecule has 2 N–H and O–H groups in total. The van der Waals surface area contributed by atoms with Crippen molar-refractivity contribution in [2.24, 2.45) is 11.8 Å². The van der Waals surface area contributed by atoms with Crippen molar-refractivity contribution in [1.29, 1.82) is 0 Å². The third-order valence-corrected chi connectivity index (χ3v) is 3.04. The average Bonchev–Trinajstić information content (AvgIpc) is 2.04. The summed E-state index contributed by atoms with van der Waals surface area (Å²) < 4.78 is 0. The number of aliphatic hydroxyl groups excluding tert-OH is 2. The highest BCUT2D eigenvalue weighted by molar-refractivity contribution is 6.20. The van der Waals surface area contributed by atoms with E-state index in [-0.39, 0.29) is 24.5 Å². The van der Waals surface area contributed by atoms with Gasteiger partial charge in [0.25, 0.3) is 0 Å². The molecule has 11 heavy (non-hydrogen) atoms. The van der Waals surface area contributed by atoms with E-state index in [9.17, 15) is 0 Å². The molecule has 3 heteroatoms. The molecule has 1 aliphatic rings. The molecular formula is C8H15ClO2. The maximum Gasteiger partial charge on any atom is 0.0473 e. The first-order chi connectivity index (χ1) is 5.27. The number of rotatable bonds is 2. The van der Waals surface area contributed by atoms with Gasteiger partial charge in [-0.25, -0.2) is 0 Å². The maximum absolute atomic E-state index is 8.87. The van der Waals surface area contributed by atoms with E-state index in [1.165, 1.54) is 0 Å². The minimum Gasteiger partial charge on any atom is -0.396 e. The van der Waals surface area contributed by atoms with Gasteiger partial charge in [0.1, 0.15) is 0 Å². The summed E-state index contributed by atoms with van der Waals surface area (Å²) in [5.41, 5.74) is 0. The van der Waals surface area contributed by atoms with Crippen LogP contribution in [0.2, 0.25) is 0 Å². The van der Waals surface area contributed by atoms with Gasteiger partial charge < -0.3 is 10.2 Å². The molecule has 0 radical (unpaired) electrons. The largest absolute Gasteiger partial charge is 0.396 e. The monoisotopic (exact) mass is 178 g/mol. The lowest BCUT2D eigenvalue weighted by Gasteiger charge is -2.30. The zero-order valence-corrected chi connectivity index (χ0v) is 7.30. The summed E-state index contributed by atoms with van der Waals surface area (Å²) in [5, 5.41) is 17.8. The fraction of sp³-hybridized carbons (Fsp3) is 1.00. The van der Waals surface area contributed by atoms with Crippen molar-refractivity contribution in [3.63, 3.8) is 0 Å². The first-order valence-electron chi connectivity index (χ1n) is 4.13. The molecule has 0 amide bonds. The minimum absolute atomic E-state index is 0.0610. The Morgan fingerprint density at radius 3 is 2.36 bits per heavy atom. The van der Waals surface area contributed by atoms with Crippen LogP contribution in [0.4, 0.5) is 0 Å². The third kappa shape index (κ3) is 2.32. The van der Waals surface area contributed by atoms with E-state index in [1.807, 2.05) is 0 Å². The Morgan fingerprint density at radius 2 is 1.91 bits per heavy atom. The van der Waals surface area contributed by atoms with Gasteiger partial charge in [-0.05, 0) is 31.1 Å². The van der Waals surface area contributed by atoms with Gasteiger partial charge in [-0.3, -0.25) is 0 Å². The first kappa shape index (κ1) is 9.30. The fourth-order valence-electron chi connectivity index (χ4n) is 1.63. The van der Waals surface area contributed by atoms with Crippen LogP contribution in [0.1, 0.15) is 19.3 Å². The van der Waals surface area contributed by atoms with Crippen LogP contribution in [0.5, 0.6) is 0 Å². The summed E-state index contributed by atoms with van der Waals surface area (Å²) in [5.74, 6) is 0.611. The maximum atomic E-state index is 8.87. The lowest BCUT2D eigenvalue weighted by Crippen LogP contribution is -2.29. The van der Waals surface area contributed by atoms with Crippen LogP contribution in [-0.2, 0) is 0 Å². The number of alkyl halides is 1. The molecule has 1 saturated carbocycles. The van der Waals surface area contributed by atoms with E-state index >= 15 is 0 Å². The standard InChI is InChI=1S/C8H15ClO2/c9-8-3-6(4-10)1-2-7(8)5-11/h6-8,10-11H,1-5H2. The van der Waals surface area contributed by atoms with Crippen LogP contribution < -0.4 is 0 Å². The van der Waals surface area contributed by atoms with Gasteiger partial charge in [-0.2, -0.15) is 0 Å². The highest BCUT2D eigenvalue weighted by atomic mass is 35.5. The van der Waals surface area contributed by atoms with Crippen LogP contribution in [-0.4, -0.2) is 28.8 Å². The van der Waals surface area contributed by atoms with Crippen LogP contribution in [0.15, 0.2) is 0 Å². The van der Waals surface area contributed by atoms with Crippen LogP contribution >= 0.6 is 11.6 Å². The average molecular weight is 179 g/mol. The number of halogens is 1. The predicted molar refractivity (Wildman–Crippen MR) is 44.6 cm³/mol. The van der Waals surface area contributed by atoms with Gasteiger partial charge in [0, 0.05) is 18.6 Å². The molecule has 1 rings (SSSR count). The highest BCUT2D eigenvalue weighted by Gasteiger charge is 2.27. The van der Waals surface area contributed by atoms with E-state index < -0.39 is 0 Å². The second kappa shape index (κ2) is 4.29. The molecule has 0 aromatic rings. The summed E-state index contributed by atoms with van der Waals surface area (Å²) in [6.45, 7) is 0.424. The number of aliphatic hydroxyl groups is 2. The van der Waals surface area contributed by atoms with Crippen molar-refractivity contribution >= 4 is 11.6 Å². The van der Waals surface area contributed by atoms with E-state index in [4.69, 9.17) is 21.8 Å².